The van der Waals surface area contributed by atoms with E-state index < -0.39 is 17.6 Å². The molecule has 0 fully saturated rings. The molecule has 1 aromatic heterocycles. The first-order valence-corrected chi connectivity index (χ1v) is 14.5. The monoisotopic (exact) mass is 575 g/mol. The quantitative estimate of drug-likeness (QED) is 0.380. The highest BCUT2D eigenvalue weighted by Gasteiger charge is 2.39. The van der Waals surface area contributed by atoms with Gasteiger partial charge in [-0.15, -0.1) is 0 Å². The van der Waals surface area contributed by atoms with Crippen LogP contribution in [-0.4, -0.2) is 43.3 Å². The number of hydrogen-bond donors (Lipinski definition) is 0. The van der Waals surface area contributed by atoms with Crippen molar-refractivity contribution in [2.45, 2.75) is 52.6 Å². The van der Waals surface area contributed by atoms with E-state index in [1.165, 1.54) is 11.7 Å². The van der Waals surface area contributed by atoms with E-state index in [1.54, 1.807) is 37.1 Å². The largest absolute Gasteiger partial charge is 0.497 e. The number of benzene rings is 2. The maximum absolute atomic E-state index is 14.4. The lowest BCUT2D eigenvalue weighted by Gasteiger charge is -2.27. The van der Waals surface area contributed by atoms with Crippen LogP contribution >= 0.6 is 11.3 Å². The van der Waals surface area contributed by atoms with Gasteiger partial charge in [-0.1, -0.05) is 42.9 Å². The SMILES string of the molecule is CCCC1=C(C(=O)OCC)[C@H](c2cc(OC)ccc2OC)n2c(s/c(=C3\C(=O)N(C(C)C)c4ccccc43)c2=O)=N1. The van der Waals surface area contributed by atoms with Crippen molar-refractivity contribution in [2.75, 3.05) is 25.7 Å². The summed E-state index contributed by atoms with van der Waals surface area (Å²) >= 11 is 1.16. The molecule has 41 heavy (non-hydrogen) atoms. The summed E-state index contributed by atoms with van der Waals surface area (Å²) in [7, 11) is 3.08. The van der Waals surface area contributed by atoms with Crippen molar-refractivity contribution < 1.29 is 23.8 Å². The topological polar surface area (TPSA) is 99.4 Å². The number of fused-ring (bicyclic) bond motifs is 2. The Kier molecular flexibility index (Phi) is 7.86. The Bertz CT molecular complexity index is 1750. The number of amides is 1. The van der Waals surface area contributed by atoms with Gasteiger partial charge in [0.25, 0.3) is 11.5 Å². The van der Waals surface area contributed by atoms with E-state index in [1.807, 2.05) is 45.0 Å². The van der Waals surface area contributed by atoms with Crippen molar-refractivity contribution in [3.63, 3.8) is 0 Å². The van der Waals surface area contributed by atoms with Crippen molar-refractivity contribution in [2.24, 2.45) is 4.99 Å². The maximum atomic E-state index is 14.4. The van der Waals surface area contributed by atoms with Gasteiger partial charge in [-0.05, 0) is 51.5 Å². The van der Waals surface area contributed by atoms with Crippen molar-refractivity contribution in [3.05, 3.63) is 84.5 Å². The first-order valence-electron chi connectivity index (χ1n) is 13.7. The number of methoxy groups -OCH3 is 2. The summed E-state index contributed by atoms with van der Waals surface area (Å²) in [6, 6.07) is 11.7. The summed E-state index contributed by atoms with van der Waals surface area (Å²) in [5, 5.41) is 0. The van der Waals surface area contributed by atoms with Gasteiger partial charge in [0.05, 0.1) is 43.4 Å². The molecule has 214 valence electrons. The van der Waals surface area contributed by atoms with E-state index in [0.29, 0.717) is 45.1 Å². The molecule has 1 atom stereocenters. The first-order chi connectivity index (χ1) is 19.8. The number of ether oxygens (including phenoxy) is 3. The number of rotatable bonds is 8. The third kappa shape index (κ3) is 4.65. The number of anilines is 1. The molecule has 10 heteroatoms. The predicted octanol–water partition coefficient (Wildman–Crippen LogP) is 3.72. The lowest BCUT2D eigenvalue weighted by Crippen LogP contribution is -2.41. The van der Waals surface area contributed by atoms with Crippen LogP contribution in [0.1, 0.15) is 57.7 Å². The minimum atomic E-state index is -0.904. The summed E-state index contributed by atoms with van der Waals surface area (Å²) in [6.45, 7) is 7.78. The standard InChI is InChI=1S/C31H33N3O6S/c1-7-11-21-25(30(37)40-8-2)26(20-16-18(38-5)14-15-23(20)39-6)34-29(36)27(41-31(34)32-21)24-19-12-9-10-13-22(19)33(17(3)4)28(24)35/h9-10,12-17,26H,7-8,11H2,1-6H3/b27-24-/t26-/m0/s1. The number of hydrogen-bond acceptors (Lipinski definition) is 8. The highest BCUT2D eigenvalue weighted by molar-refractivity contribution is 7.07. The summed E-state index contributed by atoms with van der Waals surface area (Å²) < 4.78 is 18.5. The number of aromatic nitrogens is 1. The first kappa shape index (κ1) is 28.4. The van der Waals surface area contributed by atoms with E-state index in [2.05, 4.69) is 0 Å². The van der Waals surface area contributed by atoms with E-state index in [-0.39, 0.29) is 28.7 Å². The Balaban J connectivity index is 1.89. The normalized spacial score (nSPS) is 17.4. The molecule has 0 N–H and O–H groups in total. The van der Waals surface area contributed by atoms with Crippen LogP contribution in [-0.2, 0) is 14.3 Å². The molecular weight excluding hydrogens is 542 g/mol. The number of para-hydroxylation sites is 1. The average molecular weight is 576 g/mol. The molecular formula is C31H33N3O6S. The van der Waals surface area contributed by atoms with Gasteiger partial charge in [-0.25, -0.2) is 9.79 Å². The van der Waals surface area contributed by atoms with Crippen LogP contribution < -0.4 is 29.3 Å². The van der Waals surface area contributed by atoms with E-state index in [9.17, 15) is 14.4 Å². The van der Waals surface area contributed by atoms with Crippen LogP contribution in [0.2, 0.25) is 0 Å². The van der Waals surface area contributed by atoms with Crippen molar-refractivity contribution in [1.82, 2.24) is 4.57 Å². The molecule has 9 nitrogen and oxygen atoms in total. The van der Waals surface area contributed by atoms with Gasteiger partial charge in [0.2, 0.25) is 0 Å². The van der Waals surface area contributed by atoms with Crippen molar-refractivity contribution in [1.29, 1.82) is 0 Å². The predicted molar refractivity (Wildman–Crippen MR) is 157 cm³/mol. The molecule has 0 saturated heterocycles. The third-order valence-electron chi connectivity index (χ3n) is 7.21. The van der Waals surface area contributed by atoms with Crippen molar-refractivity contribution >= 4 is 34.5 Å². The Morgan fingerprint density at radius 2 is 1.83 bits per heavy atom. The molecule has 0 aliphatic carbocycles. The summed E-state index contributed by atoms with van der Waals surface area (Å²) in [5.41, 5.74) is 2.76. The van der Waals surface area contributed by atoms with Crippen LogP contribution in [0.3, 0.4) is 0 Å². The molecule has 2 aliphatic heterocycles. The molecule has 0 bridgehead atoms. The lowest BCUT2D eigenvalue weighted by molar-refractivity contribution is -0.139. The molecule has 0 unspecified atom stereocenters. The average Bonchev–Trinajstić information content (AvgIpc) is 3.44. The van der Waals surface area contributed by atoms with Crippen LogP contribution in [0.25, 0.3) is 5.57 Å². The van der Waals surface area contributed by atoms with Gasteiger partial charge in [0, 0.05) is 17.2 Å². The van der Waals surface area contributed by atoms with Gasteiger partial charge in [-0.2, -0.15) is 0 Å². The lowest BCUT2D eigenvalue weighted by atomic mass is 9.93. The molecule has 2 aliphatic rings. The van der Waals surface area contributed by atoms with E-state index >= 15 is 0 Å². The zero-order valence-electron chi connectivity index (χ0n) is 24.0. The summed E-state index contributed by atoms with van der Waals surface area (Å²) in [6.07, 6.45) is 1.22. The number of allylic oxidation sites excluding steroid dienone is 1. The molecule has 1 amide bonds. The number of thiazole rings is 1. The minimum Gasteiger partial charge on any atom is -0.497 e. The summed E-state index contributed by atoms with van der Waals surface area (Å²) in [4.78, 5) is 48.7. The second kappa shape index (κ2) is 11.4. The number of carbonyl (C=O) groups is 2. The number of carbonyl (C=O) groups excluding carboxylic acids is 2. The maximum Gasteiger partial charge on any atom is 0.338 e. The second-order valence-electron chi connectivity index (χ2n) is 10.0. The van der Waals surface area contributed by atoms with Crippen LogP contribution in [0.4, 0.5) is 5.69 Å². The zero-order valence-corrected chi connectivity index (χ0v) is 24.8. The third-order valence-corrected chi connectivity index (χ3v) is 8.26. The Morgan fingerprint density at radius 3 is 2.49 bits per heavy atom. The zero-order chi connectivity index (χ0) is 29.4. The van der Waals surface area contributed by atoms with Gasteiger partial charge >= 0.3 is 5.97 Å². The fraction of sp³-hybridized carbons (Fsp3) is 0.355. The van der Waals surface area contributed by atoms with Gasteiger partial charge in [-0.3, -0.25) is 14.2 Å². The highest BCUT2D eigenvalue weighted by atomic mass is 32.1. The van der Waals surface area contributed by atoms with Gasteiger partial charge in [0.15, 0.2) is 4.80 Å². The van der Waals surface area contributed by atoms with Crippen molar-refractivity contribution in [3.8, 4) is 11.5 Å². The van der Waals surface area contributed by atoms with E-state index in [0.717, 1.165) is 23.4 Å². The Labute approximate surface area is 242 Å². The Morgan fingerprint density at radius 1 is 1.07 bits per heavy atom. The highest BCUT2D eigenvalue weighted by Crippen LogP contribution is 2.40. The van der Waals surface area contributed by atoms with Crippen LogP contribution in [0, 0.1) is 0 Å². The van der Waals surface area contributed by atoms with Gasteiger partial charge < -0.3 is 19.1 Å². The van der Waals surface area contributed by atoms with Crippen LogP contribution in [0.5, 0.6) is 11.5 Å². The molecule has 0 radical (unpaired) electrons. The second-order valence-corrected chi connectivity index (χ2v) is 11.0. The number of esters is 1. The fourth-order valence-electron chi connectivity index (χ4n) is 5.49. The fourth-order valence-corrected chi connectivity index (χ4v) is 6.60. The molecule has 5 rings (SSSR count). The molecule has 0 spiro atoms. The molecule has 3 heterocycles. The molecule has 0 saturated carbocycles. The van der Waals surface area contributed by atoms with Crippen LogP contribution in [0.15, 0.2) is 63.5 Å². The molecule has 2 aromatic carbocycles. The molecule has 3 aromatic rings. The van der Waals surface area contributed by atoms with E-state index in [4.69, 9.17) is 19.2 Å². The number of nitrogens with zero attached hydrogens (tertiary/aromatic N) is 3. The van der Waals surface area contributed by atoms with Gasteiger partial charge in [0.1, 0.15) is 22.1 Å². The Hall–Kier alpha value is -4.18. The smallest absolute Gasteiger partial charge is 0.338 e. The summed E-state index contributed by atoms with van der Waals surface area (Å²) in [5.74, 6) is 0.221. The minimum absolute atomic E-state index is 0.106.